The molecule has 0 saturated heterocycles. The van der Waals surface area contributed by atoms with E-state index in [0.29, 0.717) is 4.90 Å². The summed E-state index contributed by atoms with van der Waals surface area (Å²) in [6, 6.07) is 1.39. The molecule has 1 aliphatic heterocycles. The summed E-state index contributed by atoms with van der Waals surface area (Å²) in [5.41, 5.74) is 2.79. The van der Waals surface area contributed by atoms with E-state index < -0.39 is 46.7 Å². The maximum absolute atomic E-state index is 14.5. The molecule has 9 nitrogen and oxygen atoms in total. The van der Waals surface area contributed by atoms with Gasteiger partial charge < -0.3 is 15.4 Å². The van der Waals surface area contributed by atoms with Gasteiger partial charge in [0.2, 0.25) is 11.8 Å². The number of benzene rings is 1. The Morgan fingerprint density at radius 1 is 1.13 bits per heavy atom. The van der Waals surface area contributed by atoms with Gasteiger partial charge in [-0.25, -0.2) is 9.18 Å². The van der Waals surface area contributed by atoms with E-state index in [9.17, 15) is 23.6 Å². The zero-order valence-electron chi connectivity index (χ0n) is 18.3. The number of carbonyl (C=O) groups excluding carboxylic acids is 4. The molecule has 0 saturated carbocycles. The van der Waals surface area contributed by atoms with Crippen LogP contribution in [-0.4, -0.2) is 41.2 Å². The fourth-order valence-corrected chi connectivity index (χ4v) is 3.37. The van der Waals surface area contributed by atoms with Gasteiger partial charge in [-0.2, -0.15) is 0 Å². The second-order valence-corrected chi connectivity index (χ2v) is 10.0. The number of thioether (sulfide) groups is 1. The van der Waals surface area contributed by atoms with Crippen molar-refractivity contribution in [1.82, 2.24) is 16.2 Å². The molecule has 1 aliphatic rings. The first kappa shape index (κ1) is 24.4. The number of amides is 4. The minimum Gasteiger partial charge on any atom is -0.444 e. The standard InChI is InChI=1S/C20H27FN4O5S/c1-19(2,3)17(28)25-24-15(26)10-7-12-14(8-11(10)21)31-9-13(16(27)22-12)23-18(29)30-20(4,5)6/h7-8,13H,9H2,1-6H3,(H,22,27)(H,23,29)(H,24,26)(H,25,28)/t13-/m0/s1. The highest BCUT2D eigenvalue weighted by atomic mass is 32.2. The number of rotatable bonds is 2. The molecule has 0 unspecified atom stereocenters. The van der Waals surface area contributed by atoms with Crippen LogP contribution in [0.5, 0.6) is 0 Å². The number of alkyl carbamates (subject to hydrolysis) is 1. The van der Waals surface area contributed by atoms with Gasteiger partial charge in [0.25, 0.3) is 5.91 Å². The zero-order valence-corrected chi connectivity index (χ0v) is 19.1. The lowest BCUT2D eigenvalue weighted by Gasteiger charge is -2.22. The summed E-state index contributed by atoms with van der Waals surface area (Å²) < 4.78 is 19.7. The van der Waals surface area contributed by atoms with E-state index in [0.717, 1.165) is 17.8 Å². The van der Waals surface area contributed by atoms with Crippen LogP contribution in [0.25, 0.3) is 0 Å². The van der Waals surface area contributed by atoms with E-state index in [1.165, 1.54) is 6.07 Å². The molecule has 2 rings (SSSR count). The van der Waals surface area contributed by atoms with Gasteiger partial charge in [0.05, 0.1) is 11.3 Å². The number of hydrogen-bond acceptors (Lipinski definition) is 6. The number of hydrazine groups is 1. The molecule has 1 atom stereocenters. The monoisotopic (exact) mass is 454 g/mol. The number of hydrogen-bond donors (Lipinski definition) is 4. The molecule has 0 bridgehead atoms. The Kier molecular flexibility index (Phi) is 7.20. The highest BCUT2D eigenvalue weighted by Crippen LogP contribution is 2.33. The van der Waals surface area contributed by atoms with Crippen molar-refractivity contribution in [3.05, 3.63) is 23.5 Å². The van der Waals surface area contributed by atoms with Gasteiger partial charge in [-0.1, -0.05) is 20.8 Å². The number of halogens is 1. The summed E-state index contributed by atoms with van der Waals surface area (Å²) in [5, 5.41) is 5.07. The number of fused-ring (bicyclic) bond motifs is 1. The summed E-state index contributed by atoms with van der Waals surface area (Å²) >= 11 is 1.14. The summed E-state index contributed by atoms with van der Waals surface area (Å²) in [5.74, 6) is -2.52. The molecular formula is C20H27FN4O5S. The SMILES string of the molecule is CC(C)(C)OC(=O)N[C@H]1CSc2cc(F)c(C(=O)NNC(=O)C(C)(C)C)cc2NC1=O. The van der Waals surface area contributed by atoms with Crippen LogP contribution < -0.4 is 21.5 Å². The van der Waals surface area contributed by atoms with Crippen molar-refractivity contribution in [1.29, 1.82) is 0 Å². The van der Waals surface area contributed by atoms with E-state index >= 15 is 0 Å². The summed E-state index contributed by atoms with van der Waals surface area (Å²) in [6.45, 7) is 10.1. The predicted octanol–water partition coefficient (Wildman–Crippen LogP) is 2.57. The lowest BCUT2D eigenvalue weighted by atomic mass is 9.96. The maximum Gasteiger partial charge on any atom is 0.408 e. The Morgan fingerprint density at radius 2 is 1.77 bits per heavy atom. The molecule has 11 heteroatoms. The highest BCUT2D eigenvalue weighted by molar-refractivity contribution is 7.99. The van der Waals surface area contributed by atoms with E-state index in [-0.39, 0.29) is 17.0 Å². The smallest absolute Gasteiger partial charge is 0.408 e. The molecule has 0 aliphatic carbocycles. The second-order valence-electron chi connectivity index (χ2n) is 8.99. The van der Waals surface area contributed by atoms with Crippen molar-refractivity contribution >= 4 is 41.3 Å². The summed E-state index contributed by atoms with van der Waals surface area (Å²) in [6.07, 6.45) is -0.750. The van der Waals surface area contributed by atoms with Crippen LogP contribution in [0, 0.1) is 11.2 Å². The van der Waals surface area contributed by atoms with Gasteiger partial charge in [0.1, 0.15) is 17.5 Å². The normalized spacial score (nSPS) is 16.4. The number of nitrogens with one attached hydrogen (secondary N) is 4. The number of ether oxygens (including phenoxy) is 1. The van der Waals surface area contributed by atoms with Crippen molar-refractivity contribution in [2.24, 2.45) is 5.41 Å². The highest BCUT2D eigenvalue weighted by Gasteiger charge is 2.29. The molecule has 0 radical (unpaired) electrons. The van der Waals surface area contributed by atoms with Gasteiger partial charge in [0.15, 0.2) is 0 Å². The van der Waals surface area contributed by atoms with Crippen LogP contribution in [0.1, 0.15) is 51.9 Å². The minimum absolute atomic E-state index is 0.144. The number of carbonyl (C=O) groups is 4. The van der Waals surface area contributed by atoms with Crippen LogP contribution in [0.2, 0.25) is 0 Å². The van der Waals surface area contributed by atoms with Crippen LogP contribution in [0.15, 0.2) is 17.0 Å². The Hall–Kier alpha value is -2.82. The van der Waals surface area contributed by atoms with Crippen molar-refractivity contribution in [3.8, 4) is 0 Å². The molecule has 4 N–H and O–H groups in total. The van der Waals surface area contributed by atoms with Crippen molar-refractivity contribution in [3.63, 3.8) is 0 Å². The minimum atomic E-state index is -0.918. The van der Waals surface area contributed by atoms with Crippen molar-refractivity contribution < 1.29 is 28.3 Å². The Morgan fingerprint density at radius 3 is 2.35 bits per heavy atom. The first-order chi connectivity index (χ1) is 14.2. The topological polar surface area (TPSA) is 126 Å². The van der Waals surface area contributed by atoms with Crippen molar-refractivity contribution in [2.75, 3.05) is 11.1 Å². The Bertz CT molecular complexity index is 908. The first-order valence-electron chi connectivity index (χ1n) is 9.55. The molecule has 0 aromatic heterocycles. The maximum atomic E-state index is 14.5. The molecule has 31 heavy (non-hydrogen) atoms. The largest absolute Gasteiger partial charge is 0.444 e. The fourth-order valence-electron chi connectivity index (χ4n) is 2.34. The molecule has 0 spiro atoms. The van der Waals surface area contributed by atoms with E-state index in [1.54, 1.807) is 41.5 Å². The van der Waals surface area contributed by atoms with E-state index in [1.807, 2.05) is 0 Å². The van der Waals surface area contributed by atoms with Gasteiger partial charge >= 0.3 is 6.09 Å². The number of anilines is 1. The van der Waals surface area contributed by atoms with Crippen LogP contribution in [-0.2, 0) is 14.3 Å². The molecule has 1 aromatic carbocycles. The van der Waals surface area contributed by atoms with Gasteiger partial charge in [-0.05, 0) is 32.9 Å². The lowest BCUT2D eigenvalue weighted by molar-refractivity contribution is -0.129. The third-order valence-electron chi connectivity index (χ3n) is 3.96. The van der Waals surface area contributed by atoms with E-state index in [4.69, 9.17) is 4.74 Å². The molecule has 1 heterocycles. The third kappa shape index (κ3) is 6.84. The van der Waals surface area contributed by atoms with Crippen LogP contribution in [0.4, 0.5) is 14.9 Å². The van der Waals surface area contributed by atoms with Gasteiger partial charge in [0, 0.05) is 16.1 Å². The summed E-state index contributed by atoms with van der Waals surface area (Å²) in [4.78, 5) is 49.1. The zero-order chi connectivity index (χ0) is 23.6. The third-order valence-corrected chi connectivity index (χ3v) is 5.10. The van der Waals surface area contributed by atoms with Gasteiger partial charge in [-0.15, -0.1) is 11.8 Å². The van der Waals surface area contributed by atoms with Crippen molar-refractivity contribution in [2.45, 2.75) is 58.1 Å². The van der Waals surface area contributed by atoms with Crippen LogP contribution >= 0.6 is 11.8 Å². The van der Waals surface area contributed by atoms with Crippen LogP contribution in [0.3, 0.4) is 0 Å². The first-order valence-corrected chi connectivity index (χ1v) is 10.5. The molecular weight excluding hydrogens is 427 g/mol. The quantitative estimate of drug-likeness (QED) is 0.509. The molecule has 1 aromatic rings. The average Bonchev–Trinajstić information content (AvgIpc) is 2.75. The lowest BCUT2D eigenvalue weighted by Crippen LogP contribution is -2.47. The summed E-state index contributed by atoms with van der Waals surface area (Å²) in [7, 11) is 0. The fraction of sp³-hybridized carbons (Fsp3) is 0.500. The van der Waals surface area contributed by atoms with E-state index in [2.05, 4.69) is 21.5 Å². The Labute approximate surface area is 184 Å². The molecule has 0 fully saturated rings. The predicted molar refractivity (Wildman–Crippen MR) is 114 cm³/mol. The van der Waals surface area contributed by atoms with Gasteiger partial charge in [-0.3, -0.25) is 25.2 Å². The second kappa shape index (κ2) is 9.13. The Balaban J connectivity index is 2.13. The molecule has 4 amide bonds. The average molecular weight is 455 g/mol. The molecule has 170 valence electrons.